The Morgan fingerprint density at radius 1 is 1.43 bits per heavy atom. The van der Waals surface area contributed by atoms with Gasteiger partial charge in [-0.1, -0.05) is 0 Å². The van der Waals surface area contributed by atoms with Crippen LogP contribution in [0.2, 0.25) is 0 Å². The van der Waals surface area contributed by atoms with Crippen molar-refractivity contribution in [2.75, 3.05) is 5.75 Å². The molecule has 0 aromatic carbocycles. The number of thiophene rings is 1. The van der Waals surface area contributed by atoms with Crippen molar-refractivity contribution in [3.63, 3.8) is 0 Å². The number of carbonyl (C=O) groups excluding carboxylic acids is 2. The molecular formula is C12H14N4O3S2. The highest BCUT2D eigenvalue weighted by atomic mass is 32.2. The fourth-order valence-electron chi connectivity index (χ4n) is 1.78. The Hall–Kier alpha value is -1.87. The first kappa shape index (κ1) is 15.5. The first-order chi connectivity index (χ1) is 9.88. The van der Waals surface area contributed by atoms with Crippen LogP contribution in [0.4, 0.5) is 4.79 Å². The van der Waals surface area contributed by atoms with Gasteiger partial charge in [-0.2, -0.15) is 0 Å². The predicted molar refractivity (Wildman–Crippen MR) is 83.6 cm³/mol. The molecule has 9 heteroatoms. The van der Waals surface area contributed by atoms with Gasteiger partial charge in [0.05, 0.1) is 16.9 Å². The molecule has 0 radical (unpaired) electrons. The number of carbonyl (C=O) groups is 2. The number of thioether (sulfide) groups is 1. The molecule has 2 rings (SSSR count). The van der Waals surface area contributed by atoms with E-state index in [1.165, 1.54) is 23.1 Å². The topological polar surface area (TPSA) is 118 Å². The molecule has 4 N–H and O–H groups in total. The lowest BCUT2D eigenvalue weighted by Gasteiger charge is -2.02. The van der Waals surface area contributed by atoms with Crippen LogP contribution < -0.4 is 16.6 Å². The van der Waals surface area contributed by atoms with E-state index >= 15 is 0 Å². The molecule has 2 heterocycles. The fourth-order valence-corrected chi connectivity index (χ4v) is 3.52. The molecule has 2 aromatic rings. The quantitative estimate of drug-likeness (QED) is 0.775. The molecule has 0 fully saturated rings. The Balaban J connectivity index is 2.08. The molecule has 2 aromatic heterocycles. The maximum absolute atomic E-state index is 12.0. The zero-order chi connectivity index (χ0) is 15.6. The van der Waals surface area contributed by atoms with Gasteiger partial charge in [-0.25, -0.2) is 9.78 Å². The number of amides is 3. The Kier molecular flexibility index (Phi) is 4.63. The van der Waals surface area contributed by atoms with Crippen LogP contribution in [0.25, 0.3) is 10.2 Å². The van der Waals surface area contributed by atoms with Gasteiger partial charge >= 0.3 is 6.03 Å². The molecule has 0 aliphatic heterocycles. The van der Waals surface area contributed by atoms with Crippen LogP contribution in [0.3, 0.4) is 0 Å². The zero-order valence-electron chi connectivity index (χ0n) is 11.5. The SMILES string of the molecule is Cc1sc2nc(CSCC(=O)NC(N)=O)[nH]c(=O)c2c1C. The number of nitrogens with two attached hydrogens (primary N) is 1. The number of hydrogen-bond acceptors (Lipinski definition) is 6. The summed E-state index contributed by atoms with van der Waals surface area (Å²) in [7, 11) is 0. The van der Waals surface area contributed by atoms with Gasteiger partial charge in [-0.3, -0.25) is 14.9 Å². The summed E-state index contributed by atoms with van der Waals surface area (Å²) >= 11 is 2.71. The number of hydrogen-bond donors (Lipinski definition) is 3. The summed E-state index contributed by atoms with van der Waals surface area (Å²) in [5.41, 5.74) is 5.62. The molecule has 3 amide bonds. The Morgan fingerprint density at radius 3 is 2.81 bits per heavy atom. The number of H-pyrrole nitrogens is 1. The molecule has 0 saturated heterocycles. The van der Waals surface area contributed by atoms with Crippen LogP contribution >= 0.6 is 23.1 Å². The highest BCUT2D eigenvalue weighted by Crippen LogP contribution is 2.26. The fraction of sp³-hybridized carbons (Fsp3) is 0.333. The predicted octanol–water partition coefficient (Wildman–Crippen LogP) is 1.03. The van der Waals surface area contributed by atoms with E-state index in [4.69, 9.17) is 5.73 Å². The summed E-state index contributed by atoms with van der Waals surface area (Å²) in [6.45, 7) is 3.84. The zero-order valence-corrected chi connectivity index (χ0v) is 13.1. The van der Waals surface area contributed by atoms with Crippen LogP contribution in [0.5, 0.6) is 0 Å². The third-order valence-corrected chi connectivity index (χ3v) is 4.87. The van der Waals surface area contributed by atoms with Gasteiger partial charge in [0, 0.05) is 4.88 Å². The van der Waals surface area contributed by atoms with E-state index in [9.17, 15) is 14.4 Å². The Morgan fingerprint density at radius 2 is 2.14 bits per heavy atom. The van der Waals surface area contributed by atoms with Gasteiger partial charge < -0.3 is 10.7 Å². The van der Waals surface area contributed by atoms with E-state index in [0.29, 0.717) is 21.8 Å². The number of fused-ring (bicyclic) bond motifs is 1. The van der Waals surface area contributed by atoms with Crippen LogP contribution in [0.1, 0.15) is 16.3 Å². The van der Waals surface area contributed by atoms with E-state index in [-0.39, 0.29) is 11.3 Å². The summed E-state index contributed by atoms with van der Waals surface area (Å²) in [4.78, 5) is 42.6. The van der Waals surface area contributed by atoms with Gasteiger partial charge in [0.15, 0.2) is 0 Å². The highest BCUT2D eigenvalue weighted by Gasteiger charge is 2.12. The Bertz CT molecular complexity index is 766. The summed E-state index contributed by atoms with van der Waals surface area (Å²) in [6.07, 6.45) is 0. The number of aryl methyl sites for hydroxylation is 2. The van der Waals surface area contributed by atoms with Crippen molar-refractivity contribution in [2.45, 2.75) is 19.6 Å². The maximum Gasteiger partial charge on any atom is 0.318 e. The normalized spacial score (nSPS) is 10.8. The number of aromatic amines is 1. The average Bonchev–Trinajstić information content (AvgIpc) is 2.64. The second-order valence-electron chi connectivity index (χ2n) is 4.38. The van der Waals surface area contributed by atoms with Gasteiger partial charge in [0.1, 0.15) is 10.7 Å². The number of primary amides is 1. The van der Waals surface area contributed by atoms with E-state index in [1.807, 2.05) is 19.2 Å². The molecular weight excluding hydrogens is 312 g/mol. The highest BCUT2D eigenvalue weighted by molar-refractivity contribution is 7.99. The number of imide groups is 1. The summed E-state index contributed by atoms with van der Waals surface area (Å²) in [5.74, 6) is 0.463. The van der Waals surface area contributed by atoms with Crippen molar-refractivity contribution in [2.24, 2.45) is 5.73 Å². The van der Waals surface area contributed by atoms with Gasteiger partial charge in [0.2, 0.25) is 5.91 Å². The molecule has 0 aliphatic rings. The third-order valence-electron chi connectivity index (χ3n) is 2.82. The van der Waals surface area contributed by atoms with Gasteiger partial charge in [0.25, 0.3) is 5.56 Å². The van der Waals surface area contributed by atoms with E-state index in [1.54, 1.807) is 0 Å². The lowest BCUT2D eigenvalue weighted by molar-refractivity contribution is -0.117. The first-order valence-electron chi connectivity index (χ1n) is 6.04. The molecule has 0 aliphatic carbocycles. The van der Waals surface area contributed by atoms with Crippen LogP contribution in [-0.4, -0.2) is 27.7 Å². The minimum absolute atomic E-state index is 0.0627. The van der Waals surface area contributed by atoms with E-state index < -0.39 is 11.9 Å². The van der Waals surface area contributed by atoms with Crippen molar-refractivity contribution in [1.29, 1.82) is 0 Å². The minimum atomic E-state index is -0.877. The van der Waals surface area contributed by atoms with Gasteiger partial charge in [-0.15, -0.1) is 23.1 Å². The number of aromatic nitrogens is 2. The van der Waals surface area contributed by atoms with E-state index in [2.05, 4.69) is 9.97 Å². The molecule has 0 bridgehead atoms. The molecule has 0 saturated carbocycles. The lowest BCUT2D eigenvalue weighted by Crippen LogP contribution is -2.36. The average molecular weight is 326 g/mol. The third kappa shape index (κ3) is 3.61. The van der Waals surface area contributed by atoms with Crippen molar-refractivity contribution >= 4 is 45.3 Å². The molecule has 0 spiro atoms. The van der Waals surface area contributed by atoms with Crippen molar-refractivity contribution < 1.29 is 9.59 Å². The van der Waals surface area contributed by atoms with Crippen LogP contribution in [0, 0.1) is 13.8 Å². The monoisotopic (exact) mass is 326 g/mol. The first-order valence-corrected chi connectivity index (χ1v) is 8.01. The summed E-state index contributed by atoms with van der Waals surface area (Å²) in [6, 6.07) is -0.877. The number of nitrogens with one attached hydrogen (secondary N) is 2. The molecule has 0 atom stereocenters. The van der Waals surface area contributed by atoms with Crippen molar-refractivity contribution in [3.05, 3.63) is 26.6 Å². The lowest BCUT2D eigenvalue weighted by atomic mass is 10.2. The summed E-state index contributed by atoms with van der Waals surface area (Å²) in [5, 5.41) is 2.59. The standard InChI is InChI=1S/C12H14N4O3S2/c1-5-6(2)21-11-9(5)10(18)14-7(15-11)3-20-4-8(17)16-12(13)19/h3-4H2,1-2H3,(H,14,15,18)(H3,13,16,17,19). The van der Waals surface area contributed by atoms with Crippen LogP contribution in [0.15, 0.2) is 4.79 Å². The Labute approximate surface area is 128 Å². The van der Waals surface area contributed by atoms with Gasteiger partial charge in [-0.05, 0) is 19.4 Å². The van der Waals surface area contributed by atoms with Crippen molar-refractivity contribution in [1.82, 2.24) is 15.3 Å². The number of nitrogens with zero attached hydrogens (tertiary/aromatic N) is 1. The minimum Gasteiger partial charge on any atom is -0.351 e. The van der Waals surface area contributed by atoms with Crippen LogP contribution in [-0.2, 0) is 10.5 Å². The van der Waals surface area contributed by atoms with E-state index in [0.717, 1.165) is 10.4 Å². The molecule has 7 nitrogen and oxygen atoms in total. The number of rotatable bonds is 4. The smallest absolute Gasteiger partial charge is 0.318 e. The molecule has 112 valence electrons. The molecule has 0 unspecified atom stereocenters. The second kappa shape index (κ2) is 6.27. The maximum atomic E-state index is 12.0. The second-order valence-corrected chi connectivity index (χ2v) is 6.57. The summed E-state index contributed by atoms with van der Waals surface area (Å²) < 4.78 is 0. The largest absolute Gasteiger partial charge is 0.351 e. The van der Waals surface area contributed by atoms with Crippen molar-refractivity contribution in [3.8, 4) is 0 Å². The molecule has 21 heavy (non-hydrogen) atoms. The number of urea groups is 1.